The predicted molar refractivity (Wildman–Crippen MR) is 193 cm³/mol. The highest BCUT2D eigenvalue weighted by molar-refractivity contribution is 9.10. The lowest BCUT2D eigenvalue weighted by molar-refractivity contribution is -0.115. The molecule has 0 radical (unpaired) electrons. The van der Waals surface area contributed by atoms with Gasteiger partial charge in [0.25, 0.3) is 11.8 Å². The van der Waals surface area contributed by atoms with Gasteiger partial charge in [0.05, 0.1) is 16.0 Å². The van der Waals surface area contributed by atoms with Crippen molar-refractivity contribution in [2.75, 3.05) is 10.6 Å². The Kier molecular flexibility index (Phi) is 11.3. The average molecular weight is 753 g/mol. The third-order valence-electron chi connectivity index (χ3n) is 6.45. The van der Waals surface area contributed by atoms with Crippen molar-refractivity contribution in [1.29, 1.82) is 0 Å². The van der Waals surface area contributed by atoms with E-state index in [1.807, 2.05) is 47.8 Å². The van der Waals surface area contributed by atoms with Gasteiger partial charge in [-0.3, -0.25) is 14.4 Å². The molecule has 1 aromatic heterocycles. The van der Waals surface area contributed by atoms with Gasteiger partial charge in [0.15, 0.2) is 5.13 Å². The Morgan fingerprint density at radius 2 is 1.63 bits per heavy atom. The van der Waals surface area contributed by atoms with Crippen molar-refractivity contribution < 1.29 is 14.4 Å². The molecule has 12 heteroatoms. The number of anilines is 2. The number of rotatable bonds is 10. The molecule has 5 rings (SSSR count). The Morgan fingerprint density at radius 1 is 0.913 bits per heavy atom. The van der Waals surface area contributed by atoms with Gasteiger partial charge in [0, 0.05) is 36.6 Å². The first-order valence-corrected chi connectivity index (χ1v) is 17.1. The van der Waals surface area contributed by atoms with Gasteiger partial charge in [-0.15, -0.1) is 23.1 Å². The lowest BCUT2D eigenvalue weighted by Gasteiger charge is -2.13. The summed E-state index contributed by atoms with van der Waals surface area (Å²) in [5, 5.41) is 11.3. The SMILES string of the molecule is CC(Sc1ccc(NC(=O)/C(=C/c2ccc(Br)cc2)NC(=O)c2ccccc2)cc1)C(=O)Nc1nc(-c2ccc(Cl)cc2Cl)cs1. The Labute approximate surface area is 292 Å². The standard InChI is InChI=1S/C34H25BrCl2N4O3S2/c1-20(31(42)41-34-40-30(19-45-34)27-16-11-24(36)18-28(27)37)46-26-14-12-25(13-15-26)38-33(44)29(17-21-7-9-23(35)10-8-21)39-32(43)22-5-3-2-4-6-22/h2-20H,1H3,(H,38,44)(H,39,43)(H,40,41,42)/b29-17-. The van der Waals surface area contributed by atoms with Crippen LogP contribution in [0, 0.1) is 0 Å². The number of nitrogens with one attached hydrogen (secondary N) is 3. The summed E-state index contributed by atoms with van der Waals surface area (Å²) in [6.45, 7) is 1.80. The van der Waals surface area contributed by atoms with E-state index >= 15 is 0 Å². The van der Waals surface area contributed by atoms with E-state index in [1.165, 1.54) is 23.1 Å². The lowest BCUT2D eigenvalue weighted by atomic mass is 10.1. The van der Waals surface area contributed by atoms with Crippen LogP contribution in [-0.2, 0) is 9.59 Å². The number of hydrogen-bond acceptors (Lipinski definition) is 6. The van der Waals surface area contributed by atoms with Crippen molar-refractivity contribution in [2.45, 2.75) is 17.1 Å². The summed E-state index contributed by atoms with van der Waals surface area (Å²) in [5.74, 6) is -1.09. The molecular weight excluding hydrogens is 727 g/mol. The number of aromatic nitrogens is 1. The highest BCUT2D eigenvalue weighted by Crippen LogP contribution is 2.33. The molecule has 0 aliphatic heterocycles. The smallest absolute Gasteiger partial charge is 0.272 e. The number of hydrogen-bond donors (Lipinski definition) is 3. The van der Waals surface area contributed by atoms with Gasteiger partial charge in [0.1, 0.15) is 5.70 Å². The van der Waals surface area contributed by atoms with Gasteiger partial charge >= 0.3 is 0 Å². The van der Waals surface area contributed by atoms with Gasteiger partial charge in [0.2, 0.25) is 5.91 Å². The molecule has 0 saturated carbocycles. The van der Waals surface area contributed by atoms with E-state index < -0.39 is 17.1 Å². The topological polar surface area (TPSA) is 100 Å². The summed E-state index contributed by atoms with van der Waals surface area (Å²) in [6, 6.07) is 28.3. The highest BCUT2D eigenvalue weighted by atomic mass is 79.9. The van der Waals surface area contributed by atoms with E-state index in [2.05, 4.69) is 36.9 Å². The third kappa shape index (κ3) is 9.08. The van der Waals surface area contributed by atoms with Crippen molar-refractivity contribution in [3.05, 3.63) is 134 Å². The summed E-state index contributed by atoms with van der Waals surface area (Å²) >= 11 is 18.4. The highest BCUT2D eigenvalue weighted by Gasteiger charge is 2.18. The maximum absolute atomic E-state index is 13.3. The average Bonchev–Trinajstić information content (AvgIpc) is 3.51. The number of carbonyl (C=O) groups excluding carboxylic acids is 3. The van der Waals surface area contributed by atoms with Crippen LogP contribution < -0.4 is 16.0 Å². The minimum absolute atomic E-state index is 0.0867. The van der Waals surface area contributed by atoms with E-state index in [0.29, 0.717) is 32.1 Å². The first kappa shape index (κ1) is 33.4. The summed E-state index contributed by atoms with van der Waals surface area (Å²) in [4.78, 5) is 44.4. The van der Waals surface area contributed by atoms with Crippen LogP contribution >= 0.6 is 62.2 Å². The fourth-order valence-corrected chi connectivity index (χ4v) is 6.45. The summed E-state index contributed by atoms with van der Waals surface area (Å²) in [5.41, 5.74) is 3.16. The lowest BCUT2D eigenvalue weighted by Crippen LogP contribution is -2.30. The molecule has 0 bridgehead atoms. The molecular formula is C34H25BrCl2N4O3S2. The minimum atomic E-state index is -0.483. The number of halogens is 3. The normalized spacial score (nSPS) is 11.9. The van der Waals surface area contributed by atoms with Gasteiger partial charge in [-0.25, -0.2) is 4.98 Å². The first-order chi connectivity index (χ1) is 22.1. The van der Waals surface area contributed by atoms with Gasteiger partial charge in [-0.05, 0) is 85.3 Å². The molecule has 46 heavy (non-hydrogen) atoms. The Morgan fingerprint density at radius 3 is 2.33 bits per heavy atom. The number of amides is 3. The zero-order chi connectivity index (χ0) is 32.6. The molecule has 1 unspecified atom stereocenters. The minimum Gasteiger partial charge on any atom is -0.321 e. The van der Waals surface area contributed by atoms with Crippen LogP contribution in [0.15, 0.2) is 118 Å². The molecule has 3 amide bonds. The Balaban J connectivity index is 1.21. The van der Waals surface area contributed by atoms with Crippen LogP contribution in [0.2, 0.25) is 10.0 Å². The zero-order valence-electron chi connectivity index (χ0n) is 24.1. The molecule has 5 aromatic rings. The molecule has 0 spiro atoms. The first-order valence-electron chi connectivity index (χ1n) is 13.8. The number of nitrogens with zero attached hydrogens (tertiary/aromatic N) is 1. The van der Waals surface area contributed by atoms with Crippen molar-refractivity contribution in [3.8, 4) is 11.3 Å². The Hall–Kier alpha value is -3.93. The van der Waals surface area contributed by atoms with E-state index in [0.717, 1.165) is 20.5 Å². The fourth-order valence-electron chi connectivity index (χ4n) is 4.10. The van der Waals surface area contributed by atoms with E-state index in [1.54, 1.807) is 67.6 Å². The van der Waals surface area contributed by atoms with Crippen LogP contribution in [0.5, 0.6) is 0 Å². The molecule has 0 aliphatic rings. The monoisotopic (exact) mass is 750 g/mol. The molecule has 1 atom stereocenters. The zero-order valence-corrected chi connectivity index (χ0v) is 28.8. The number of thioether (sulfide) groups is 1. The predicted octanol–water partition coefficient (Wildman–Crippen LogP) is 9.41. The van der Waals surface area contributed by atoms with Crippen LogP contribution in [0.4, 0.5) is 10.8 Å². The quantitative estimate of drug-likeness (QED) is 0.0976. The van der Waals surface area contributed by atoms with Gasteiger partial charge < -0.3 is 16.0 Å². The van der Waals surface area contributed by atoms with Crippen molar-refractivity contribution in [2.24, 2.45) is 0 Å². The largest absolute Gasteiger partial charge is 0.321 e. The molecule has 0 aliphatic carbocycles. The maximum Gasteiger partial charge on any atom is 0.272 e. The van der Waals surface area contributed by atoms with Gasteiger partial charge in [-0.1, -0.05) is 69.5 Å². The van der Waals surface area contributed by atoms with E-state index in [9.17, 15) is 14.4 Å². The second-order valence-electron chi connectivity index (χ2n) is 9.82. The molecule has 4 aromatic carbocycles. The Bertz CT molecular complexity index is 1900. The maximum atomic E-state index is 13.3. The van der Waals surface area contributed by atoms with E-state index in [4.69, 9.17) is 23.2 Å². The van der Waals surface area contributed by atoms with Crippen molar-refractivity contribution in [1.82, 2.24) is 10.3 Å². The molecule has 3 N–H and O–H groups in total. The second kappa shape index (κ2) is 15.6. The van der Waals surface area contributed by atoms with Crippen LogP contribution in [0.25, 0.3) is 17.3 Å². The second-order valence-corrected chi connectivity index (χ2v) is 13.9. The van der Waals surface area contributed by atoms with Crippen molar-refractivity contribution in [3.63, 3.8) is 0 Å². The number of carbonyl (C=O) groups is 3. The molecule has 0 fully saturated rings. The van der Waals surface area contributed by atoms with Gasteiger partial charge in [-0.2, -0.15) is 0 Å². The summed E-state index contributed by atoms with van der Waals surface area (Å²) < 4.78 is 0.894. The van der Waals surface area contributed by atoms with Crippen LogP contribution in [-0.4, -0.2) is 28.0 Å². The number of thiazole rings is 1. The molecule has 0 saturated heterocycles. The summed E-state index contributed by atoms with van der Waals surface area (Å²) in [6.07, 6.45) is 1.61. The van der Waals surface area contributed by atoms with Crippen molar-refractivity contribution >= 4 is 96.8 Å². The molecule has 1 heterocycles. The molecule has 7 nitrogen and oxygen atoms in total. The summed E-state index contributed by atoms with van der Waals surface area (Å²) in [7, 11) is 0. The molecule has 232 valence electrons. The van der Waals surface area contributed by atoms with E-state index in [-0.39, 0.29) is 11.6 Å². The number of benzene rings is 4. The van der Waals surface area contributed by atoms with Crippen LogP contribution in [0.3, 0.4) is 0 Å². The third-order valence-corrected chi connectivity index (χ3v) is 9.39. The fraction of sp³-hybridized carbons (Fsp3) is 0.0588. The van der Waals surface area contributed by atoms with Crippen LogP contribution in [0.1, 0.15) is 22.8 Å².